The Kier molecular flexibility index (Phi) is 2.92. The van der Waals surface area contributed by atoms with Crippen molar-refractivity contribution in [2.24, 2.45) is 11.8 Å². The van der Waals surface area contributed by atoms with Crippen LogP contribution in [0.3, 0.4) is 0 Å². The lowest BCUT2D eigenvalue weighted by atomic mass is 9.93. The van der Waals surface area contributed by atoms with Gasteiger partial charge in [-0.15, -0.1) is 0 Å². The molecule has 0 saturated carbocycles. The Morgan fingerprint density at radius 1 is 1.53 bits per heavy atom. The van der Waals surface area contributed by atoms with E-state index in [1.807, 2.05) is 6.92 Å². The lowest BCUT2D eigenvalue weighted by Gasteiger charge is -2.25. The predicted molar refractivity (Wildman–Crippen MR) is 65.6 cm³/mol. The molecular weight excluding hydrogens is 214 g/mol. The third-order valence-electron chi connectivity index (χ3n) is 4.28. The highest BCUT2D eigenvalue weighted by molar-refractivity contribution is 5.06. The van der Waals surface area contributed by atoms with Gasteiger partial charge in [-0.2, -0.15) is 0 Å². The van der Waals surface area contributed by atoms with Crippen molar-refractivity contribution in [3.05, 3.63) is 17.5 Å². The van der Waals surface area contributed by atoms with Gasteiger partial charge in [0, 0.05) is 25.2 Å². The first-order valence-electron chi connectivity index (χ1n) is 6.65. The van der Waals surface area contributed by atoms with Crippen molar-refractivity contribution in [3.63, 3.8) is 0 Å². The summed E-state index contributed by atoms with van der Waals surface area (Å²) in [5.41, 5.74) is 1.08. The zero-order chi connectivity index (χ0) is 11.8. The van der Waals surface area contributed by atoms with Gasteiger partial charge in [0.25, 0.3) is 0 Å². The van der Waals surface area contributed by atoms with Crippen LogP contribution in [-0.4, -0.2) is 35.7 Å². The first kappa shape index (κ1) is 11.2. The van der Waals surface area contributed by atoms with Gasteiger partial charge in [-0.1, -0.05) is 12.1 Å². The van der Waals surface area contributed by atoms with E-state index >= 15 is 0 Å². The minimum absolute atomic E-state index is 0.715. The topological polar surface area (TPSA) is 41.3 Å². The molecular formula is C13H21N3O. The lowest BCUT2D eigenvalue weighted by molar-refractivity contribution is 0.204. The normalized spacial score (nSPS) is 33.2. The summed E-state index contributed by atoms with van der Waals surface area (Å²) in [7, 11) is 0. The van der Waals surface area contributed by atoms with E-state index in [0.717, 1.165) is 29.8 Å². The van der Waals surface area contributed by atoms with Crippen molar-refractivity contribution >= 4 is 0 Å². The minimum atomic E-state index is 0.715. The van der Waals surface area contributed by atoms with Crippen LogP contribution >= 0.6 is 0 Å². The summed E-state index contributed by atoms with van der Waals surface area (Å²) in [5, 5.41) is 7.63. The van der Waals surface area contributed by atoms with Gasteiger partial charge in [0.2, 0.25) is 0 Å². The van der Waals surface area contributed by atoms with Gasteiger partial charge in [-0.25, -0.2) is 0 Å². The Morgan fingerprint density at radius 3 is 3.12 bits per heavy atom. The van der Waals surface area contributed by atoms with E-state index in [9.17, 15) is 0 Å². The molecule has 0 spiro atoms. The van der Waals surface area contributed by atoms with Gasteiger partial charge >= 0.3 is 0 Å². The molecule has 4 nitrogen and oxygen atoms in total. The van der Waals surface area contributed by atoms with Gasteiger partial charge in [-0.05, 0) is 38.3 Å². The molecule has 3 rings (SSSR count). The highest BCUT2D eigenvalue weighted by atomic mass is 16.5. The molecule has 17 heavy (non-hydrogen) atoms. The summed E-state index contributed by atoms with van der Waals surface area (Å²) in [5.74, 6) is 2.59. The van der Waals surface area contributed by atoms with Crippen molar-refractivity contribution in [1.82, 2.24) is 15.4 Å². The molecule has 2 fully saturated rings. The molecule has 2 aliphatic heterocycles. The van der Waals surface area contributed by atoms with Gasteiger partial charge in [-0.3, -0.25) is 4.90 Å². The van der Waals surface area contributed by atoms with Crippen molar-refractivity contribution in [2.75, 3.05) is 19.6 Å². The third kappa shape index (κ3) is 2.00. The summed E-state index contributed by atoms with van der Waals surface area (Å²) >= 11 is 0. The molecule has 4 heteroatoms. The van der Waals surface area contributed by atoms with Crippen molar-refractivity contribution in [3.8, 4) is 0 Å². The van der Waals surface area contributed by atoms with E-state index < -0.39 is 0 Å². The molecule has 2 aliphatic rings. The van der Waals surface area contributed by atoms with Crippen LogP contribution in [0, 0.1) is 18.8 Å². The molecule has 3 heterocycles. The Hall–Kier alpha value is -0.870. The number of aromatic nitrogens is 1. The van der Waals surface area contributed by atoms with Gasteiger partial charge in [0.05, 0.1) is 5.69 Å². The summed E-state index contributed by atoms with van der Waals surface area (Å²) in [6, 6.07) is 2.77. The van der Waals surface area contributed by atoms with E-state index in [0.29, 0.717) is 6.04 Å². The number of hydrogen-bond acceptors (Lipinski definition) is 4. The van der Waals surface area contributed by atoms with E-state index in [-0.39, 0.29) is 0 Å². The number of rotatable bonds is 3. The van der Waals surface area contributed by atoms with Crippen molar-refractivity contribution < 1.29 is 4.52 Å². The highest BCUT2D eigenvalue weighted by Gasteiger charge is 2.43. The second kappa shape index (κ2) is 4.42. The van der Waals surface area contributed by atoms with Crippen molar-refractivity contribution in [2.45, 2.75) is 32.9 Å². The minimum Gasteiger partial charge on any atom is -0.361 e. The average molecular weight is 235 g/mol. The quantitative estimate of drug-likeness (QED) is 0.860. The van der Waals surface area contributed by atoms with Gasteiger partial charge < -0.3 is 9.84 Å². The summed E-state index contributed by atoms with van der Waals surface area (Å²) in [6.45, 7) is 8.79. The maximum absolute atomic E-state index is 5.15. The van der Waals surface area contributed by atoms with E-state index in [2.05, 4.69) is 28.4 Å². The average Bonchev–Trinajstić information content (AvgIpc) is 2.95. The number of aryl methyl sites for hydroxylation is 1. The summed E-state index contributed by atoms with van der Waals surface area (Å²) < 4.78 is 5.15. The standard InChI is InChI=1S/C13H21N3O/c1-3-13-12-6-14-5-10(12)7-16(13)8-11-4-9(2)17-15-11/h4,10,12-14H,3,5-8H2,1-2H3. The number of nitrogens with one attached hydrogen (secondary N) is 1. The SMILES string of the molecule is CCC1C2CNCC2CN1Cc1cc(C)on1. The monoisotopic (exact) mass is 235 g/mol. The molecule has 3 unspecified atom stereocenters. The van der Waals surface area contributed by atoms with Crippen LogP contribution in [0.15, 0.2) is 10.6 Å². The molecule has 0 amide bonds. The fraction of sp³-hybridized carbons (Fsp3) is 0.769. The maximum atomic E-state index is 5.15. The highest BCUT2D eigenvalue weighted by Crippen LogP contribution is 2.34. The Morgan fingerprint density at radius 2 is 2.41 bits per heavy atom. The number of nitrogens with zero attached hydrogens (tertiary/aromatic N) is 2. The Labute approximate surface area is 102 Å². The maximum Gasteiger partial charge on any atom is 0.133 e. The van der Waals surface area contributed by atoms with Gasteiger partial charge in [0.1, 0.15) is 5.76 Å². The molecule has 1 aromatic rings. The number of likely N-dealkylation sites (tertiary alicyclic amines) is 1. The third-order valence-corrected chi connectivity index (χ3v) is 4.28. The number of fused-ring (bicyclic) bond motifs is 1. The zero-order valence-electron chi connectivity index (χ0n) is 10.6. The predicted octanol–water partition coefficient (Wildman–Crippen LogP) is 1.41. The van der Waals surface area contributed by atoms with Crippen LogP contribution in [0.4, 0.5) is 0 Å². The molecule has 0 radical (unpaired) electrons. The zero-order valence-corrected chi connectivity index (χ0v) is 10.6. The lowest BCUT2D eigenvalue weighted by Crippen LogP contribution is -2.34. The van der Waals surface area contributed by atoms with Crippen LogP contribution in [0.25, 0.3) is 0 Å². The van der Waals surface area contributed by atoms with Crippen LogP contribution in [0.2, 0.25) is 0 Å². The van der Waals surface area contributed by atoms with E-state index in [1.165, 1.54) is 26.1 Å². The molecule has 0 aliphatic carbocycles. The first-order valence-corrected chi connectivity index (χ1v) is 6.65. The fourth-order valence-electron chi connectivity index (χ4n) is 3.55. The first-order chi connectivity index (χ1) is 8.28. The van der Waals surface area contributed by atoms with Crippen LogP contribution in [0.1, 0.15) is 24.8 Å². The van der Waals surface area contributed by atoms with Gasteiger partial charge in [0.15, 0.2) is 0 Å². The van der Waals surface area contributed by atoms with E-state index in [4.69, 9.17) is 4.52 Å². The molecule has 94 valence electrons. The Balaban J connectivity index is 1.71. The van der Waals surface area contributed by atoms with Crippen LogP contribution in [0.5, 0.6) is 0 Å². The molecule has 1 N–H and O–H groups in total. The molecule has 0 bridgehead atoms. The fourth-order valence-corrected chi connectivity index (χ4v) is 3.55. The van der Waals surface area contributed by atoms with Crippen LogP contribution in [-0.2, 0) is 6.54 Å². The summed E-state index contributed by atoms with van der Waals surface area (Å²) in [6.07, 6.45) is 1.24. The Bertz CT molecular complexity index is 390. The largest absolute Gasteiger partial charge is 0.361 e. The van der Waals surface area contributed by atoms with E-state index in [1.54, 1.807) is 0 Å². The molecule has 3 atom stereocenters. The number of hydrogen-bond donors (Lipinski definition) is 1. The second-order valence-electron chi connectivity index (χ2n) is 5.42. The van der Waals surface area contributed by atoms with Crippen molar-refractivity contribution in [1.29, 1.82) is 0 Å². The summed E-state index contributed by atoms with van der Waals surface area (Å²) in [4.78, 5) is 2.59. The van der Waals surface area contributed by atoms with Crippen LogP contribution < -0.4 is 5.32 Å². The smallest absolute Gasteiger partial charge is 0.133 e. The molecule has 2 saturated heterocycles. The molecule has 0 aromatic carbocycles. The second-order valence-corrected chi connectivity index (χ2v) is 5.42. The molecule has 1 aromatic heterocycles.